The molecule has 362 valence electrons. The summed E-state index contributed by atoms with van der Waals surface area (Å²) in [6, 6.07) is 11.4. The fraction of sp³-hybridized carbons (Fsp3) is 0.457. The number of ether oxygens (including phenoxy) is 12. The second-order valence-corrected chi connectivity index (χ2v) is 13.4. The molecule has 3 aromatic rings. The number of benzene rings is 3. The second-order valence-electron chi connectivity index (χ2n) is 13.4. The Hall–Kier alpha value is -6.37. The average molecular weight is 939 g/mol. The number of esters is 3. The lowest BCUT2D eigenvalue weighted by Gasteiger charge is -2.08. The molecule has 3 rings (SSSR count). The van der Waals surface area contributed by atoms with E-state index in [0.29, 0.717) is 59.5 Å². The van der Waals surface area contributed by atoms with Crippen LogP contribution in [0.4, 0.5) is 11.4 Å². The van der Waals surface area contributed by atoms with Gasteiger partial charge in [0, 0.05) is 67.8 Å². The van der Waals surface area contributed by atoms with Crippen LogP contribution in [0.15, 0.2) is 54.6 Å². The number of methoxy groups -OCH3 is 3. The highest BCUT2D eigenvalue weighted by molar-refractivity contribution is 5.92. The molecule has 0 fully saturated rings. The van der Waals surface area contributed by atoms with Gasteiger partial charge in [0.25, 0.3) is 11.4 Å². The number of nitrogens with zero attached hydrogens (tertiary/aromatic N) is 2. The Labute approximate surface area is 387 Å². The Bertz CT molecular complexity index is 2040. The van der Waals surface area contributed by atoms with Crippen LogP contribution in [0.1, 0.15) is 53.3 Å². The summed E-state index contributed by atoms with van der Waals surface area (Å²) in [6.07, 6.45) is 0. The zero-order chi connectivity index (χ0) is 48.5. The van der Waals surface area contributed by atoms with Crippen LogP contribution in [0.25, 0.3) is 0 Å². The van der Waals surface area contributed by atoms with Gasteiger partial charge in [0.2, 0.25) is 0 Å². The van der Waals surface area contributed by atoms with Crippen LogP contribution in [0, 0.1) is 43.9 Å². The van der Waals surface area contributed by atoms with Gasteiger partial charge in [-0.1, -0.05) is 23.7 Å². The molecule has 21 nitrogen and oxygen atoms in total. The molecule has 0 saturated carbocycles. The van der Waals surface area contributed by atoms with Crippen molar-refractivity contribution in [3.05, 3.63) is 114 Å². The van der Waals surface area contributed by atoms with E-state index in [0.717, 1.165) is 24.3 Å². The largest absolute Gasteiger partial charge is 0.460 e. The Morgan fingerprint density at radius 2 is 0.612 bits per heavy atom. The Balaban J connectivity index is 1.85. The number of nitro groups is 2. The van der Waals surface area contributed by atoms with Gasteiger partial charge in [-0.05, 0) is 30.3 Å². The number of rotatable bonds is 32. The van der Waals surface area contributed by atoms with Gasteiger partial charge < -0.3 is 56.8 Å². The summed E-state index contributed by atoms with van der Waals surface area (Å²) in [5.41, 5.74) is -0.563. The van der Waals surface area contributed by atoms with E-state index < -0.39 is 39.1 Å². The third-order valence-electron chi connectivity index (χ3n) is 8.39. The van der Waals surface area contributed by atoms with Gasteiger partial charge in [0.05, 0.1) is 126 Å². The molecule has 0 N–H and O–H groups in total. The molecular formula is C46H54N2O19. The minimum atomic E-state index is -0.848. The summed E-state index contributed by atoms with van der Waals surface area (Å²) < 4.78 is 62.8. The third-order valence-corrected chi connectivity index (χ3v) is 8.39. The molecule has 0 aliphatic heterocycles. The number of carbonyl (C=O) groups is 3. The average Bonchev–Trinajstić information content (AvgIpc) is 3.33. The van der Waals surface area contributed by atoms with E-state index in [2.05, 4.69) is 23.7 Å². The molecule has 0 saturated heterocycles. The number of nitro benzene ring substituents is 2. The fourth-order valence-electron chi connectivity index (χ4n) is 5.21. The summed E-state index contributed by atoms with van der Waals surface area (Å²) in [5.74, 6) is 8.81. The van der Waals surface area contributed by atoms with Crippen molar-refractivity contribution in [3.8, 4) is 23.7 Å². The molecule has 0 atom stereocenters. The van der Waals surface area contributed by atoms with Gasteiger partial charge >= 0.3 is 17.9 Å². The quantitative estimate of drug-likeness (QED) is 0.0216. The number of carbonyl (C=O) groups excluding carboxylic acids is 3. The Morgan fingerprint density at radius 3 is 0.881 bits per heavy atom. The summed E-state index contributed by atoms with van der Waals surface area (Å²) in [6.45, 7) is 4.00. The summed E-state index contributed by atoms with van der Waals surface area (Å²) >= 11 is 0. The van der Waals surface area contributed by atoms with Crippen molar-refractivity contribution in [2.24, 2.45) is 0 Å². The number of hydrogen-bond acceptors (Lipinski definition) is 19. The van der Waals surface area contributed by atoms with Crippen molar-refractivity contribution in [2.75, 3.05) is 140 Å². The normalized spacial score (nSPS) is 10.6. The first-order chi connectivity index (χ1) is 32.5. The molecule has 0 heterocycles. The molecule has 3 aromatic carbocycles. The molecular weight excluding hydrogens is 885 g/mol. The number of hydrogen-bond donors (Lipinski definition) is 0. The van der Waals surface area contributed by atoms with Crippen molar-refractivity contribution in [3.63, 3.8) is 0 Å². The molecule has 0 amide bonds. The van der Waals surface area contributed by atoms with E-state index in [4.69, 9.17) is 56.8 Å². The molecule has 0 radical (unpaired) electrons. The molecule has 0 aliphatic carbocycles. The predicted molar refractivity (Wildman–Crippen MR) is 236 cm³/mol. The van der Waals surface area contributed by atoms with E-state index in [-0.39, 0.29) is 98.4 Å². The predicted octanol–water partition coefficient (Wildman–Crippen LogP) is 3.81. The SMILES string of the molecule is COCCOCCOCCOC(=O)c1cc(C#Cc2cc(C(=O)OCCOCCOCCOC)cc([N+](=O)[O-])c2)cc(C#Cc2cc(C(=O)OCCOCCOCCOC)cc([N+](=O)[O-])c2)c1. The van der Waals surface area contributed by atoms with Crippen LogP contribution >= 0.6 is 0 Å². The summed E-state index contributed by atoms with van der Waals surface area (Å²) in [5, 5.41) is 23.6. The van der Waals surface area contributed by atoms with Crippen LogP contribution in [0.2, 0.25) is 0 Å². The van der Waals surface area contributed by atoms with E-state index in [1.54, 1.807) is 21.3 Å². The zero-order valence-electron chi connectivity index (χ0n) is 37.6. The molecule has 0 bridgehead atoms. The van der Waals surface area contributed by atoms with Gasteiger partial charge in [-0.3, -0.25) is 20.2 Å². The highest BCUT2D eigenvalue weighted by Gasteiger charge is 2.17. The second kappa shape index (κ2) is 33.2. The maximum Gasteiger partial charge on any atom is 0.338 e. The maximum atomic E-state index is 13.3. The van der Waals surface area contributed by atoms with Gasteiger partial charge in [-0.25, -0.2) is 14.4 Å². The van der Waals surface area contributed by atoms with E-state index >= 15 is 0 Å². The first-order valence-electron chi connectivity index (χ1n) is 20.8. The van der Waals surface area contributed by atoms with Crippen molar-refractivity contribution in [1.82, 2.24) is 0 Å². The van der Waals surface area contributed by atoms with E-state index in [1.165, 1.54) is 30.3 Å². The van der Waals surface area contributed by atoms with Crippen LogP contribution in [-0.2, 0) is 56.8 Å². The first-order valence-corrected chi connectivity index (χ1v) is 20.8. The molecule has 0 aliphatic rings. The minimum Gasteiger partial charge on any atom is -0.460 e. The van der Waals surface area contributed by atoms with E-state index in [9.17, 15) is 34.6 Å². The highest BCUT2D eigenvalue weighted by atomic mass is 16.6. The Morgan fingerprint density at radius 1 is 0.373 bits per heavy atom. The molecule has 0 aromatic heterocycles. The van der Waals surface area contributed by atoms with Crippen molar-refractivity contribution >= 4 is 29.3 Å². The van der Waals surface area contributed by atoms with Crippen LogP contribution in [0.5, 0.6) is 0 Å². The van der Waals surface area contributed by atoms with Crippen LogP contribution < -0.4 is 0 Å². The highest BCUT2D eigenvalue weighted by Crippen LogP contribution is 2.20. The standard InChI is InChI=1S/C46H54N2O19/c1-56-8-11-59-14-17-62-20-23-65-44(49)39-27-35(4-6-37-29-40(33-42(31-37)47(52)53)45(50)66-24-21-63-18-15-60-12-9-57-2)26-36(28-39)5-7-38-30-41(34-43(32-38)48(54)55)46(51)67-25-22-64-19-16-61-13-10-58-3/h26-34H,8-25H2,1-3H3. The smallest absolute Gasteiger partial charge is 0.338 e. The third kappa shape index (κ3) is 23.1. The van der Waals surface area contributed by atoms with Gasteiger partial charge in [0.1, 0.15) is 19.8 Å². The zero-order valence-corrected chi connectivity index (χ0v) is 37.6. The Kier molecular flexibility index (Phi) is 27.2. The lowest BCUT2D eigenvalue weighted by atomic mass is 10.0. The van der Waals surface area contributed by atoms with Crippen LogP contribution in [-0.4, -0.2) is 168 Å². The van der Waals surface area contributed by atoms with Gasteiger partial charge in [-0.15, -0.1) is 0 Å². The topological polar surface area (TPSA) is 248 Å². The molecule has 21 heteroatoms. The van der Waals surface area contributed by atoms with Crippen LogP contribution in [0.3, 0.4) is 0 Å². The fourth-order valence-corrected chi connectivity index (χ4v) is 5.21. The monoisotopic (exact) mass is 938 g/mol. The molecule has 0 unspecified atom stereocenters. The van der Waals surface area contributed by atoms with Crippen molar-refractivity contribution in [2.45, 2.75) is 0 Å². The van der Waals surface area contributed by atoms with Crippen molar-refractivity contribution < 1.29 is 81.1 Å². The number of non-ortho nitro benzene ring substituents is 2. The van der Waals surface area contributed by atoms with Crippen molar-refractivity contribution in [1.29, 1.82) is 0 Å². The lowest BCUT2D eigenvalue weighted by molar-refractivity contribution is -0.385. The maximum absolute atomic E-state index is 13.3. The van der Waals surface area contributed by atoms with Gasteiger partial charge in [-0.2, -0.15) is 0 Å². The lowest BCUT2D eigenvalue weighted by Crippen LogP contribution is -2.14. The minimum absolute atomic E-state index is 0.0122. The molecule has 0 spiro atoms. The summed E-state index contributed by atoms with van der Waals surface area (Å²) in [4.78, 5) is 61.3. The molecule has 67 heavy (non-hydrogen) atoms. The van der Waals surface area contributed by atoms with E-state index in [1.807, 2.05) is 0 Å². The van der Waals surface area contributed by atoms with Gasteiger partial charge in [0.15, 0.2) is 0 Å². The summed E-state index contributed by atoms with van der Waals surface area (Å²) in [7, 11) is 4.67. The first kappa shape index (κ1) is 55.0.